The van der Waals surface area contributed by atoms with Gasteiger partial charge in [0.2, 0.25) is 0 Å². The Morgan fingerprint density at radius 1 is 1.11 bits per heavy atom. The minimum Gasteiger partial charge on any atom is -0.326 e. The van der Waals surface area contributed by atoms with Crippen molar-refractivity contribution in [3.05, 3.63) is 52.7 Å². The molecule has 0 aliphatic heterocycles. The molecule has 2 aromatic rings. The summed E-state index contributed by atoms with van der Waals surface area (Å²) in [4.78, 5) is 5.75. The zero-order chi connectivity index (χ0) is 13.1. The van der Waals surface area contributed by atoms with Crippen LogP contribution >= 0.6 is 11.8 Å². The van der Waals surface area contributed by atoms with Gasteiger partial charge in [0.05, 0.1) is 0 Å². The van der Waals surface area contributed by atoms with Gasteiger partial charge >= 0.3 is 0 Å². The number of hydrogen-bond acceptors (Lipinski definition) is 3. The maximum Gasteiger partial charge on any atom is 0.101 e. The van der Waals surface area contributed by atoms with Crippen LogP contribution in [0.5, 0.6) is 0 Å². The molecule has 2 N–H and O–H groups in total. The number of hydrogen-bond donors (Lipinski definition) is 1. The zero-order valence-electron chi connectivity index (χ0n) is 11.0. The largest absolute Gasteiger partial charge is 0.326 e. The van der Waals surface area contributed by atoms with Crippen molar-refractivity contribution in [2.24, 2.45) is 5.73 Å². The molecular formula is C15H18N2S. The highest BCUT2D eigenvalue weighted by Crippen LogP contribution is 2.28. The Morgan fingerprint density at radius 2 is 1.89 bits per heavy atom. The molecule has 18 heavy (non-hydrogen) atoms. The molecule has 0 amide bonds. The molecule has 0 fully saturated rings. The molecule has 0 unspecified atom stereocenters. The van der Waals surface area contributed by atoms with Crippen LogP contribution in [-0.4, -0.2) is 4.98 Å². The smallest absolute Gasteiger partial charge is 0.101 e. The van der Waals surface area contributed by atoms with E-state index >= 15 is 0 Å². The van der Waals surface area contributed by atoms with Gasteiger partial charge in [-0.3, -0.25) is 0 Å². The third kappa shape index (κ3) is 3.12. The molecule has 0 spiro atoms. The number of rotatable bonds is 3. The second-order valence-corrected chi connectivity index (χ2v) is 5.61. The van der Waals surface area contributed by atoms with E-state index in [1.165, 1.54) is 21.6 Å². The number of aromatic nitrogens is 1. The summed E-state index contributed by atoms with van der Waals surface area (Å²) >= 11 is 1.70. The maximum absolute atomic E-state index is 5.67. The quantitative estimate of drug-likeness (QED) is 0.914. The minimum absolute atomic E-state index is 0.596. The Labute approximate surface area is 113 Å². The van der Waals surface area contributed by atoms with Gasteiger partial charge in [-0.2, -0.15) is 0 Å². The lowest BCUT2D eigenvalue weighted by atomic mass is 10.1. The molecular weight excluding hydrogens is 240 g/mol. The predicted octanol–water partition coefficient (Wildman–Crippen LogP) is 3.62. The molecule has 0 radical (unpaired) electrons. The Hall–Kier alpha value is -1.32. The van der Waals surface area contributed by atoms with Crippen LogP contribution in [0.15, 0.2) is 40.3 Å². The molecule has 0 aliphatic rings. The highest BCUT2D eigenvalue weighted by atomic mass is 32.2. The summed E-state index contributed by atoms with van der Waals surface area (Å²) in [5, 5.41) is 1.05. The average Bonchev–Trinajstić information content (AvgIpc) is 2.27. The van der Waals surface area contributed by atoms with Crippen molar-refractivity contribution in [1.29, 1.82) is 0 Å². The molecule has 0 bridgehead atoms. The summed E-state index contributed by atoms with van der Waals surface area (Å²) in [5.74, 6) is 0. The first-order chi connectivity index (χ1) is 8.58. The van der Waals surface area contributed by atoms with Gasteiger partial charge in [-0.05, 0) is 61.7 Å². The summed E-state index contributed by atoms with van der Waals surface area (Å²) in [5.41, 5.74) is 10.4. The zero-order valence-corrected chi connectivity index (χ0v) is 11.8. The van der Waals surface area contributed by atoms with Crippen molar-refractivity contribution < 1.29 is 0 Å². The fourth-order valence-corrected chi connectivity index (χ4v) is 2.99. The monoisotopic (exact) mass is 258 g/mol. The lowest BCUT2D eigenvalue weighted by molar-refractivity contribution is 1.03. The van der Waals surface area contributed by atoms with Gasteiger partial charge < -0.3 is 5.73 Å². The van der Waals surface area contributed by atoms with Crippen LogP contribution < -0.4 is 5.73 Å². The summed E-state index contributed by atoms with van der Waals surface area (Å²) in [6, 6.07) is 10.6. The van der Waals surface area contributed by atoms with Crippen molar-refractivity contribution in [3.63, 3.8) is 0 Å². The highest BCUT2D eigenvalue weighted by Gasteiger charge is 2.03. The standard InChI is InChI=1S/C15H18N2S/c1-10-6-12(3)17-15(7-10)18-14-5-4-13(9-16)11(2)8-14/h4-8H,9,16H2,1-3H3. The van der Waals surface area contributed by atoms with Crippen molar-refractivity contribution >= 4 is 11.8 Å². The van der Waals surface area contributed by atoms with Crippen LogP contribution in [0.3, 0.4) is 0 Å². The first-order valence-corrected chi connectivity index (χ1v) is 6.83. The van der Waals surface area contributed by atoms with Gasteiger partial charge in [-0.15, -0.1) is 0 Å². The molecule has 2 rings (SSSR count). The maximum atomic E-state index is 5.67. The number of benzene rings is 1. The molecule has 3 heteroatoms. The first-order valence-electron chi connectivity index (χ1n) is 6.01. The van der Waals surface area contributed by atoms with Crippen LogP contribution in [-0.2, 0) is 6.54 Å². The van der Waals surface area contributed by atoms with Crippen LogP contribution in [0.2, 0.25) is 0 Å². The first kappa shape index (κ1) is 13.1. The molecule has 2 nitrogen and oxygen atoms in total. The van der Waals surface area contributed by atoms with Gasteiger partial charge in [0.15, 0.2) is 0 Å². The topological polar surface area (TPSA) is 38.9 Å². The van der Waals surface area contributed by atoms with Crippen molar-refractivity contribution in [2.75, 3.05) is 0 Å². The van der Waals surface area contributed by atoms with Gasteiger partial charge in [0.25, 0.3) is 0 Å². The number of pyridine rings is 1. The summed E-state index contributed by atoms with van der Waals surface area (Å²) in [6.07, 6.45) is 0. The molecule has 1 aromatic heterocycles. The lowest BCUT2D eigenvalue weighted by Gasteiger charge is -2.07. The van der Waals surface area contributed by atoms with Crippen LogP contribution in [0.4, 0.5) is 0 Å². The Kier molecular flexibility index (Phi) is 4.04. The molecule has 0 saturated heterocycles. The normalized spacial score (nSPS) is 10.7. The highest BCUT2D eigenvalue weighted by molar-refractivity contribution is 7.99. The van der Waals surface area contributed by atoms with E-state index in [2.05, 4.69) is 49.2 Å². The average molecular weight is 258 g/mol. The Balaban J connectivity index is 2.25. The SMILES string of the molecule is Cc1cc(C)nc(Sc2ccc(CN)c(C)c2)c1. The van der Waals surface area contributed by atoms with Crippen LogP contribution in [0.25, 0.3) is 0 Å². The second-order valence-electron chi connectivity index (χ2n) is 4.52. The number of nitrogens with zero attached hydrogens (tertiary/aromatic N) is 1. The van der Waals surface area contributed by atoms with Crippen molar-refractivity contribution in [1.82, 2.24) is 4.98 Å². The summed E-state index contributed by atoms with van der Waals surface area (Å²) in [6.45, 7) is 6.82. The second kappa shape index (κ2) is 5.55. The van der Waals surface area contributed by atoms with Gasteiger partial charge in [0.1, 0.15) is 5.03 Å². The minimum atomic E-state index is 0.596. The van der Waals surface area contributed by atoms with E-state index in [1.807, 2.05) is 6.92 Å². The van der Waals surface area contributed by atoms with Crippen LogP contribution in [0.1, 0.15) is 22.4 Å². The van der Waals surface area contributed by atoms with E-state index in [9.17, 15) is 0 Å². The fourth-order valence-electron chi connectivity index (χ4n) is 1.94. The van der Waals surface area contributed by atoms with Gasteiger partial charge in [-0.25, -0.2) is 4.98 Å². The van der Waals surface area contributed by atoms with Crippen molar-refractivity contribution in [3.8, 4) is 0 Å². The third-order valence-electron chi connectivity index (χ3n) is 2.83. The number of aryl methyl sites for hydroxylation is 3. The Bertz CT molecular complexity index is 544. The van der Waals surface area contributed by atoms with E-state index < -0.39 is 0 Å². The van der Waals surface area contributed by atoms with E-state index in [0.29, 0.717) is 6.54 Å². The van der Waals surface area contributed by atoms with Crippen molar-refractivity contribution in [2.45, 2.75) is 37.2 Å². The van der Waals surface area contributed by atoms with Gasteiger partial charge in [-0.1, -0.05) is 17.8 Å². The predicted molar refractivity (Wildman–Crippen MR) is 76.9 cm³/mol. The molecule has 0 atom stereocenters. The molecule has 0 aliphatic carbocycles. The van der Waals surface area contributed by atoms with Crippen LogP contribution in [0, 0.1) is 20.8 Å². The molecule has 0 saturated carbocycles. The summed E-state index contributed by atoms with van der Waals surface area (Å²) in [7, 11) is 0. The molecule has 1 aromatic carbocycles. The van der Waals surface area contributed by atoms with E-state index in [1.54, 1.807) is 11.8 Å². The number of nitrogens with two attached hydrogens (primary N) is 1. The van der Waals surface area contributed by atoms with E-state index in [4.69, 9.17) is 5.73 Å². The van der Waals surface area contributed by atoms with E-state index in [-0.39, 0.29) is 0 Å². The van der Waals surface area contributed by atoms with Gasteiger partial charge in [0, 0.05) is 17.1 Å². The third-order valence-corrected chi connectivity index (χ3v) is 3.74. The fraction of sp³-hybridized carbons (Fsp3) is 0.267. The Morgan fingerprint density at radius 3 is 2.50 bits per heavy atom. The van der Waals surface area contributed by atoms with E-state index in [0.717, 1.165) is 10.7 Å². The molecule has 1 heterocycles. The molecule has 94 valence electrons. The lowest BCUT2D eigenvalue weighted by Crippen LogP contribution is -1.98. The summed E-state index contributed by atoms with van der Waals surface area (Å²) < 4.78 is 0.